The zero-order chi connectivity index (χ0) is 9.42. The van der Waals surface area contributed by atoms with Crippen molar-refractivity contribution in [2.24, 2.45) is 0 Å². The summed E-state index contributed by atoms with van der Waals surface area (Å²) in [4.78, 5) is 10.7. The first-order valence-corrected chi connectivity index (χ1v) is 3.91. The van der Waals surface area contributed by atoms with Crippen LogP contribution in [-0.4, -0.2) is 11.1 Å². The number of hydrogen-bond donors (Lipinski definition) is 1. The summed E-state index contributed by atoms with van der Waals surface area (Å²) in [5, 5.41) is 9.63. The van der Waals surface area contributed by atoms with Crippen LogP contribution in [0.1, 0.15) is 16.1 Å². The minimum absolute atomic E-state index is 0. The van der Waals surface area contributed by atoms with Gasteiger partial charge >= 0.3 is 5.97 Å². The topological polar surface area (TPSA) is 50.4 Å². The Kier molecular flexibility index (Phi) is 2.81. The fourth-order valence-electron chi connectivity index (χ4n) is 1.38. The number of hydrogen-bond acceptors (Lipinski definition) is 2. The van der Waals surface area contributed by atoms with Gasteiger partial charge in [0, 0.05) is 10.9 Å². The first kappa shape index (κ1) is 10.6. The van der Waals surface area contributed by atoms with Crippen LogP contribution in [0.5, 0.6) is 0 Å². The Bertz CT molecular complexity index is 473. The Morgan fingerprint density at radius 1 is 1.36 bits per heavy atom. The van der Waals surface area contributed by atoms with Crippen LogP contribution in [0.25, 0.3) is 11.0 Å². The first-order chi connectivity index (χ1) is 6.20. The van der Waals surface area contributed by atoms with Crippen LogP contribution in [-0.2, 0) is 0 Å². The van der Waals surface area contributed by atoms with Gasteiger partial charge in [-0.05, 0) is 13.0 Å². The number of furan rings is 1. The Balaban J connectivity index is 0.000000980. The third-order valence-corrected chi connectivity index (χ3v) is 2.04. The van der Waals surface area contributed by atoms with E-state index in [-0.39, 0.29) is 18.2 Å². The Morgan fingerprint density at radius 2 is 2.00 bits per heavy atom. The summed E-state index contributed by atoms with van der Waals surface area (Å²) in [6, 6.07) is 7.28. The highest BCUT2D eigenvalue weighted by Gasteiger charge is 2.15. The molecule has 0 aliphatic rings. The van der Waals surface area contributed by atoms with Crippen LogP contribution in [0.3, 0.4) is 0 Å². The lowest BCUT2D eigenvalue weighted by Gasteiger charge is -1.87. The van der Waals surface area contributed by atoms with Crippen LogP contribution >= 0.6 is 12.4 Å². The van der Waals surface area contributed by atoms with Crippen LogP contribution in [0.15, 0.2) is 28.7 Å². The second-order valence-corrected chi connectivity index (χ2v) is 2.86. The number of carbonyl (C=O) groups is 1. The molecule has 74 valence electrons. The lowest BCUT2D eigenvalue weighted by Crippen LogP contribution is -1.94. The van der Waals surface area contributed by atoms with Crippen LogP contribution in [0.4, 0.5) is 0 Å². The number of aryl methyl sites for hydroxylation is 1. The second kappa shape index (κ2) is 3.72. The Morgan fingerprint density at radius 3 is 2.57 bits per heavy atom. The molecule has 0 spiro atoms. The third kappa shape index (κ3) is 1.46. The summed E-state index contributed by atoms with van der Waals surface area (Å²) in [5.74, 6) is -0.991. The normalized spacial score (nSPS) is 9.79. The van der Waals surface area contributed by atoms with E-state index in [4.69, 9.17) is 9.52 Å². The maximum Gasteiger partial charge on any atom is 0.372 e. The van der Waals surface area contributed by atoms with Crippen molar-refractivity contribution in [1.82, 2.24) is 0 Å². The van der Waals surface area contributed by atoms with Gasteiger partial charge in [-0.3, -0.25) is 0 Å². The molecule has 3 nitrogen and oxygen atoms in total. The van der Waals surface area contributed by atoms with Crippen molar-refractivity contribution in [2.45, 2.75) is 6.92 Å². The molecule has 0 fully saturated rings. The van der Waals surface area contributed by atoms with Crippen molar-refractivity contribution in [3.05, 3.63) is 35.6 Å². The molecule has 2 rings (SSSR count). The van der Waals surface area contributed by atoms with E-state index in [1.54, 1.807) is 13.0 Å². The van der Waals surface area contributed by atoms with Gasteiger partial charge in [0.05, 0.1) is 0 Å². The third-order valence-electron chi connectivity index (χ3n) is 2.04. The van der Waals surface area contributed by atoms with E-state index in [9.17, 15) is 4.79 Å². The maximum absolute atomic E-state index is 10.7. The molecule has 1 N–H and O–H groups in total. The van der Waals surface area contributed by atoms with Gasteiger partial charge < -0.3 is 9.52 Å². The van der Waals surface area contributed by atoms with Gasteiger partial charge in [0.2, 0.25) is 5.76 Å². The summed E-state index contributed by atoms with van der Waals surface area (Å²) in [5.41, 5.74) is 1.31. The highest BCUT2D eigenvalue weighted by atomic mass is 35.5. The molecule has 0 saturated heterocycles. The molecule has 0 amide bonds. The minimum atomic E-state index is -1.02. The highest BCUT2D eigenvalue weighted by molar-refractivity contribution is 5.94. The predicted octanol–water partition coefficient (Wildman–Crippen LogP) is 2.86. The molecule has 1 heterocycles. The number of halogens is 1. The van der Waals surface area contributed by atoms with Gasteiger partial charge in [-0.15, -0.1) is 12.4 Å². The smallest absolute Gasteiger partial charge is 0.372 e. The molecule has 0 aliphatic carbocycles. The van der Waals surface area contributed by atoms with Crippen molar-refractivity contribution < 1.29 is 14.3 Å². The second-order valence-electron chi connectivity index (χ2n) is 2.86. The van der Waals surface area contributed by atoms with Gasteiger partial charge in [0.1, 0.15) is 5.58 Å². The molecule has 0 saturated carbocycles. The zero-order valence-electron chi connectivity index (χ0n) is 7.48. The summed E-state index contributed by atoms with van der Waals surface area (Å²) in [7, 11) is 0. The molecule has 0 aliphatic heterocycles. The molecule has 0 atom stereocenters. The zero-order valence-corrected chi connectivity index (χ0v) is 8.30. The molecule has 0 unspecified atom stereocenters. The fourth-order valence-corrected chi connectivity index (χ4v) is 1.38. The number of carboxylic acid groups (broad SMARTS) is 1. The molecule has 0 radical (unpaired) electrons. The summed E-state index contributed by atoms with van der Waals surface area (Å²) >= 11 is 0. The van der Waals surface area contributed by atoms with Gasteiger partial charge in [-0.1, -0.05) is 18.2 Å². The number of carboxylic acids is 1. The Hall–Kier alpha value is -1.48. The molecule has 4 heteroatoms. The van der Waals surface area contributed by atoms with Crippen LogP contribution in [0, 0.1) is 6.92 Å². The molecular formula is C10H9ClO3. The van der Waals surface area contributed by atoms with Gasteiger partial charge in [0.15, 0.2) is 0 Å². The van der Waals surface area contributed by atoms with Crippen molar-refractivity contribution >= 4 is 29.3 Å². The van der Waals surface area contributed by atoms with Gasteiger partial charge in [0.25, 0.3) is 0 Å². The number of benzene rings is 1. The van der Waals surface area contributed by atoms with Gasteiger partial charge in [-0.2, -0.15) is 0 Å². The quantitative estimate of drug-likeness (QED) is 0.791. The van der Waals surface area contributed by atoms with E-state index < -0.39 is 5.97 Å². The molecule has 14 heavy (non-hydrogen) atoms. The van der Waals surface area contributed by atoms with Crippen LogP contribution in [0.2, 0.25) is 0 Å². The summed E-state index contributed by atoms with van der Waals surface area (Å²) in [6.07, 6.45) is 0. The van der Waals surface area contributed by atoms with Gasteiger partial charge in [-0.25, -0.2) is 4.79 Å². The molecule has 2 aromatic rings. The fraction of sp³-hybridized carbons (Fsp3) is 0.100. The summed E-state index contributed by atoms with van der Waals surface area (Å²) < 4.78 is 5.16. The average molecular weight is 213 g/mol. The van der Waals surface area contributed by atoms with Crippen molar-refractivity contribution in [3.63, 3.8) is 0 Å². The SMILES string of the molecule is Cc1c(C(=O)O)oc2ccccc12.Cl. The van der Waals surface area contributed by atoms with E-state index in [2.05, 4.69) is 0 Å². The molecule has 1 aromatic carbocycles. The average Bonchev–Trinajstić information content (AvgIpc) is 2.45. The minimum Gasteiger partial charge on any atom is -0.475 e. The van der Waals surface area contributed by atoms with E-state index in [1.165, 1.54) is 0 Å². The number of para-hydroxylation sites is 1. The predicted molar refractivity (Wildman–Crippen MR) is 55.2 cm³/mol. The maximum atomic E-state index is 10.7. The van der Waals surface area contributed by atoms with Crippen molar-refractivity contribution in [2.75, 3.05) is 0 Å². The number of aromatic carboxylic acids is 1. The van der Waals surface area contributed by atoms with E-state index in [1.807, 2.05) is 18.2 Å². The van der Waals surface area contributed by atoms with E-state index in [0.29, 0.717) is 11.1 Å². The van der Waals surface area contributed by atoms with Crippen molar-refractivity contribution in [1.29, 1.82) is 0 Å². The lowest BCUT2D eigenvalue weighted by molar-refractivity contribution is 0.0664. The number of rotatable bonds is 1. The molecular weight excluding hydrogens is 204 g/mol. The Labute approximate surface area is 86.7 Å². The van der Waals surface area contributed by atoms with Crippen molar-refractivity contribution in [3.8, 4) is 0 Å². The molecule has 1 aromatic heterocycles. The number of fused-ring (bicyclic) bond motifs is 1. The highest BCUT2D eigenvalue weighted by Crippen LogP contribution is 2.24. The molecule has 0 bridgehead atoms. The largest absolute Gasteiger partial charge is 0.475 e. The standard InChI is InChI=1S/C10H8O3.ClH/c1-6-7-4-2-3-5-8(7)13-9(6)10(11)12;/h2-5H,1H3,(H,11,12);1H. The van der Waals surface area contributed by atoms with E-state index >= 15 is 0 Å². The monoisotopic (exact) mass is 212 g/mol. The first-order valence-electron chi connectivity index (χ1n) is 3.91. The van der Waals surface area contributed by atoms with E-state index in [0.717, 1.165) is 5.39 Å². The lowest BCUT2D eigenvalue weighted by atomic mass is 10.1. The van der Waals surface area contributed by atoms with Crippen LogP contribution < -0.4 is 0 Å². The summed E-state index contributed by atoms with van der Waals surface area (Å²) in [6.45, 7) is 1.75.